The van der Waals surface area contributed by atoms with Gasteiger partial charge in [-0.15, -0.1) is 0 Å². The van der Waals surface area contributed by atoms with Gasteiger partial charge >= 0.3 is 0 Å². The number of likely N-dealkylation sites (tertiary alicyclic amines) is 1. The fraction of sp³-hybridized carbons (Fsp3) is 0.444. The number of nitrogens with zero attached hydrogens (tertiary/aromatic N) is 3. The quantitative estimate of drug-likeness (QED) is 0.904. The fourth-order valence-corrected chi connectivity index (χ4v) is 3.19. The van der Waals surface area contributed by atoms with Crippen molar-refractivity contribution in [3.05, 3.63) is 48.3 Å². The van der Waals surface area contributed by atoms with Crippen molar-refractivity contribution in [1.29, 1.82) is 0 Å². The second-order valence-electron chi connectivity index (χ2n) is 6.65. The fourth-order valence-electron chi connectivity index (χ4n) is 3.19. The van der Waals surface area contributed by atoms with Crippen LogP contribution in [-0.2, 0) is 4.79 Å². The van der Waals surface area contributed by atoms with Crippen LogP contribution >= 0.6 is 0 Å². The number of piperidine rings is 1. The SMILES string of the molecule is C[C@@](O)(C(=O)N1CCC(c2nccn2-c2ccc(F)cc2)CC1)C(F)F. The highest BCUT2D eigenvalue weighted by Gasteiger charge is 2.44. The van der Waals surface area contributed by atoms with Crippen molar-refractivity contribution in [1.82, 2.24) is 14.5 Å². The van der Waals surface area contributed by atoms with Crippen LogP contribution in [0.1, 0.15) is 31.5 Å². The van der Waals surface area contributed by atoms with E-state index in [2.05, 4.69) is 4.98 Å². The normalized spacial score (nSPS) is 18.2. The average Bonchev–Trinajstić information content (AvgIpc) is 3.11. The summed E-state index contributed by atoms with van der Waals surface area (Å²) >= 11 is 0. The lowest BCUT2D eigenvalue weighted by Crippen LogP contribution is -2.53. The van der Waals surface area contributed by atoms with Gasteiger partial charge in [0.25, 0.3) is 12.3 Å². The highest BCUT2D eigenvalue weighted by Crippen LogP contribution is 2.30. The lowest BCUT2D eigenvalue weighted by molar-refractivity contribution is -0.166. The molecular formula is C18H20F3N3O2. The molecule has 26 heavy (non-hydrogen) atoms. The molecule has 0 spiro atoms. The molecule has 1 saturated heterocycles. The molecule has 1 aliphatic heterocycles. The van der Waals surface area contributed by atoms with Crippen molar-refractivity contribution < 1.29 is 23.1 Å². The lowest BCUT2D eigenvalue weighted by Gasteiger charge is -2.35. The lowest BCUT2D eigenvalue weighted by atomic mass is 9.94. The molecule has 1 aliphatic rings. The Morgan fingerprint density at radius 2 is 1.88 bits per heavy atom. The number of alkyl halides is 2. The minimum Gasteiger partial charge on any atom is -0.375 e. The summed E-state index contributed by atoms with van der Waals surface area (Å²) in [5.74, 6) is -0.457. The summed E-state index contributed by atoms with van der Waals surface area (Å²) in [5.41, 5.74) is -1.89. The Hall–Kier alpha value is -2.35. The standard InChI is InChI=1S/C18H20F3N3O2/c1-18(26,16(20)21)17(25)23-9-6-12(7-10-23)15-22-8-11-24(15)14-4-2-13(19)3-5-14/h2-5,8,11-12,16,26H,6-7,9-10H2,1H3/t18-/m0/s1. The third-order valence-corrected chi connectivity index (χ3v) is 4.78. The molecule has 1 aromatic carbocycles. The predicted octanol–water partition coefficient (Wildman–Crippen LogP) is 2.73. The summed E-state index contributed by atoms with van der Waals surface area (Å²) in [7, 11) is 0. The first-order valence-corrected chi connectivity index (χ1v) is 8.39. The minimum atomic E-state index is -3.13. The van der Waals surface area contributed by atoms with E-state index in [9.17, 15) is 23.1 Å². The number of imidazole rings is 1. The van der Waals surface area contributed by atoms with E-state index >= 15 is 0 Å². The molecule has 1 atom stereocenters. The highest BCUT2D eigenvalue weighted by atomic mass is 19.3. The van der Waals surface area contributed by atoms with Gasteiger partial charge < -0.3 is 14.6 Å². The number of hydrogen-bond acceptors (Lipinski definition) is 3. The van der Waals surface area contributed by atoms with Crippen molar-refractivity contribution in [2.24, 2.45) is 0 Å². The van der Waals surface area contributed by atoms with Gasteiger partial charge in [0.05, 0.1) is 0 Å². The molecule has 1 fully saturated rings. The van der Waals surface area contributed by atoms with Crippen LogP contribution in [0.5, 0.6) is 0 Å². The van der Waals surface area contributed by atoms with Gasteiger partial charge in [0.15, 0.2) is 0 Å². The number of aromatic nitrogens is 2. The van der Waals surface area contributed by atoms with Crippen LogP contribution in [0.4, 0.5) is 13.2 Å². The van der Waals surface area contributed by atoms with Crippen molar-refractivity contribution in [3.63, 3.8) is 0 Å². The topological polar surface area (TPSA) is 58.4 Å². The summed E-state index contributed by atoms with van der Waals surface area (Å²) in [5, 5.41) is 9.69. The number of hydrogen-bond donors (Lipinski definition) is 1. The molecule has 5 nitrogen and oxygen atoms in total. The van der Waals surface area contributed by atoms with Crippen LogP contribution in [0, 0.1) is 5.82 Å². The zero-order chi connectivity index (χ0) is 18.9. The summed E-state index contributed by atoms with van der Waals surface area (Å²) in [4.78, 5) is 17.8. The maximum Gasteiger partial charge on any atom is 0.275 e. The summed E-state index contributed by atoms with van der Waals surface area (Å²) in [6, 6.07) is 6.04. The minimum absolute atomic E-state index is 0.0376. The first kappa shape index (κ1) is 18.4. The molecule has 0 aliphatic carbocycles. The molecular weight excluding hydrogens is 347 g/mol. The van der Waals surface area contributed by atoms with Crippen LogP contribution < -0.4 is 0 Å². The molecule has 1 amide bonds. The van der Waals surface area contributed by atoms with Crippen LogP contribution in [0.25, 0.3) is 5.69 Å². The monoisotopic (exact) mass is 367 g/mol. The molecule has 1 aromatic heterocycles. The van der Waals surface area contributed by atoms with Gasteiger partial charge in [0.2, 0.25) is 5.60 Å². The Balaban J connectivity index is 1.71. The molecule has 140 valence electrons. The van der Waals surface area contributed by atoms with Gasteiger partial charge in [-0.3, -0.25) is 4.79 Å². The van der Waals surface area contributed by atoms with Crippen molar-refractivity contribution in [2.75, 3.05) is 13.1 Å². The number of rotatable bonds is 4. The second kappa shape index (κ2) is 7.11. The van der Waals surface area contributed by atoms with Crippen LogP contribution in [0.2, 0.25) is 0 Å². The van der Waals surface area contributed by atoms with Crippen LogP contribution in [0.3, 0.4) is 0 Å². The second-order valence-corrected chi connectivity index (χ2v) is 6.65. The molecule has 8 heteroatoms. The van der Waals surface area contributed by atoms with E-state index in [0.29, 0.717) is 12.8 Å². The van der Waals surface area contributed by atoms with Crippen molar-refractivity contribution >= 4 is 5.91 Å². The summed E-state index contributed by atoms with van der Waals surface area (Å²) in [6.45, 7) is 1.37. The van der Waals surface area contributed by atoms with E-state index in [1.54, 1.807) is 24.5 Å². The summed E-state index contributed by atoms with van der Waals surface area (Å²) in [6.07, 6.45) is 1.39. The zero-order valence-corrected chi connectivity index (χ0v) is 14.3. The van der Waals surface area contributed by atoms with Gasteiger partial charge in [-0.25, -0.2) is 18.2 Å². The van der Waals surface area contributed by atoms with E-state index in [4.69, 9.17) is 0 Å². The Labute approximate surface area is 149 Å². The maximum atomic E-state index is 13.1. The molecule has 1 N–H and O–H groups in total. The Bertz CT molecular complexity index is 766. The van der Waals surface area contributed by atoms with E-state index in [1.165, 1.54) is 17.0 Å². The smallest absolute Gasteiger partial charge is 0.275 e. The predicted molar refractivity (Wildman–Crippen MR) is 88.7 cm³/mol. The van der Waals surface area contributed by atoms with E-state index < -0.39 is 17.9 Å². The van der Waals surface area contributed by atoms with E-state index in [-0.39, 0.29) is 24.8 Å². The third kappa shape index (κ3) is 3.46. The number of benzene rings is 1. The van der Waals surface area contributed by atoms with Crippen LogP contribution in [-0.4, -0.2) is 50.6 Å². The number of halogens is 3. The molecule has 0 bridgehead atoms. The molecule has 2 aromatic rings. The van der Waals surface area contributed by atoms with E-state index in [0.717, 1.165) is 18.4 Å². The molecule has 3 rings (SSSR count). The number of carbonyl (C=O) groups is 1. The van der Waals surface area contributed by atoms with Gasteiger partial charge in [-0.2, -0.15) is 0 Å². The van der Waals surface area contributed by atoms with Gasteiger partial charge in [-0.05, 0) is 44.0 Å². The van der Waals surface area contributed by atoms with E-state index in [1.807, 2.05) is 4.57 Å². The molecule has 0 unspecified atom stereocenters. The van der Waals surface area contributed by atoms with Crippen LogP contribution in [0.15, 0.2) is 36.7 Å². The number of carbonyl (C=O) groups excluding carboxylic acids is 1. The molecule has 2 heterocycles. The Morgan fingerprint density at radius 1 is 1.27 bits per heavy atom. The first-order valence-electron chi connectivity index (χ1n) is 8.39. The van der Waals surface area contributed by atoms with Gasteiger partial charge in [-0.1, -0.05) is 0 Å². The Morgan fingerprint density at radius 3 is 2.46 bits per heavy atom. The average molecular weight is 367 g/mol. The Kier molecular flexibility index (Phi) is 5.04. The molecule has 0 saturated carbocycles. The van der Waals surface area contributed by atoms with Crippen molar-refractivity contribution in [3.8, 4) is 5.69 Å². The molecule has 0 radical (unpaired) electrons. The van der Waals surface area contributed by atoms with Gasteiger partial charge in [0.1, 0.15) is 11.6 Å². The largest absolute Gasteiger partial charge is 0.375 e. The highest BCUT2D eigenvalue weighted by molar-refractivity contribution is 5.85. The maximum absolute atomic E-state index is 13.1. The third-order valence-electron chi connectivity index (χ3n) is 4.78. The van der Waals surface area contributed by atoms with Crippen molar-refractivity contribution in [2.45, 2.75) is 37.7 Å². The number of aliphatic hydroxyl groups is 1. The van der Waals surface area contributed by atoms with Gasteiger partial charge in [0, 0.05) is 37.1 Å². The zero-order valence-electron chi connectivity index (χ0n) is 14.3. The number of amides is 1. The first-order chi connectivity index (χ1) is 12.3. The summed E-state index contributed by atoms with van der Waals surface area (Å²) < 4.78 is 40.7.